The maximum absolute atomic E-state index is 14.0. The number of hydrogen-bond acceptors (Lipinski definition) is 3. The van der Waals surface area contributed by atoms with Crippen LogP contribution >= 0.6 is 0 Å². The molecule has 0 amide bonds. The summed E-state index contributed by atoms with van der Waals surface area (Å²) in [5, 5.41) is 3.85. The zero-order valence-electron chi connectivity index (χ0n) is 10.4. The molecule has 1 aromatic carbocycles. The van der Waals surface area contributed by atoms with Crippen molar-refractivity contribution in [1.29, 1.82) is 0 Å². The molecule has 0 radical (unpaired) electrons. The van der Waals surface area contributed by atoms with Gasteiger partial charge in [-0.3, -0.25) is 0 Å². The first-order valence-corrected chi connectivity index (χ1v) is 5.49. The van der Waals surface area contributed by atoms with Gasteiger partial charge < -0.3 is 4.52 Å². The van der Waals surface area contributed by atoms with Crippen LogP contribution < -0.4 is 0 Å². The molecule has 0 unspecified atom stereocenters. The zero-order valence-corrected chi connectivity index (χ0v) is 10.4. The fourth-order valence-corrected chi connectivity index (χ4v) is 1.88. The largest absolute Gasteiger partial charge is 0.339 e. The van der Waals surface area contributed by atoms with E-state index in [1.807, 2.05) is 26.8 Å². The fraction of sp³-hybridized carbons (Fsp3) is 0.385. The van der Waals surface area contributed by atoms with E-state index in [1.165, 1.54) is 6.07 Å². The van der Waals surface area contributed by atoms with Gasteiger partial charge in [0.25, 0.3) is 0 Å². The first-order valence-electron chi connectivity index (χ1n) is 5.49. The molecule has 1 aromatic heterocycles. The molecule has 0 fully saturated rings. The lowest BCUT2D eigenvalue weighted by Crippen LogP contribution is -2.15. The lowest BCUT2D eigenvalue weighted by atomic mass is 9.83. The van der Waals surface area contributed by atoms with E-state index < -0.39 is 0 Å². The highest BCUT2D eigenvalue weighted by molar-refractivity contribution is 5.62. The number of aromatic nitrogens is 2. The van der Waals surface area contributed by atoms with Crippen LogP contribution in [-0.4, -0.2) is 10.1 Å². The Morgan fingerprint density at radius 2 is 1.94 bits per heavy atom. The first-order chi connectivity index (χ1) is 7.89. The number of benzene rings is 1. The Kier molecular flexibility index (Phi) is 2.73. The Morgan fingerprint density at radius 3 is 2.47 bits per heavy atom. The molecule has 0 aliphatic carbocycles. The summed E-state index contributed by atoms with van der Waals surface area (Å²) in [6.45, 7) is 7.60. The maximum atomic E-state index is 14.0. The summed E-state index contributed by atoms with van der Waals surface area (Å²) in [6.07, 6.45) is 0. The lowest BCUT2D eigenvalue weighted by molar-refractivity contribution is 0.394. The van der Waals surface area contributed by atoms with Crippen molar-refractivity contribution in [3.63, 3.8) is 0 Å². The molecule has 1 heterocycles. The van der Waals surface area contributed by atoms with E-state index in [0.717, 1.165) is 0 Å². The molecule has 2 rings (SSSR count). The lowest BCUT2D eigenvalue weighted by Gasteiger charge is -2.22. The van der Waals surface area contributed by atoms with Gasteiger partial charge in [-0.15, -0.1) is 0 Å². The van der Waals surface area contributed by atoms with E-state index in [4.69, 9.17) is 4.52 Å². The van der Waals surface area contributed by atoms with Gasteiger partial charge in [0.2, 0.25) is 11.7 Å². The Bertz CT molecular complexity index is 541. The van der Waals surface area contributed by atoms with Crippen LogP contribution in [0.2, 0.25) is 0 Å². The number of nitrogens with zero attached hydrogens (tertiary/aromatic N) is 2. The van der Waals surface area contributed by atoms with Crippen LogP contribution in [0.25, 0.3) is 11.4 Å². The normalized spacial score (nSPS) is 11.8. The first kappa shape index (κ1) is 11.8. The second kappa shape index (κ2) is 3.95. The van der Waals surface area contributed by atoms with Gasteiger partial charge in [-0.25, -0.2) is 4.39 Å². The van der Waals surface area contributed by atoms with Crippen molar-refractivity contribution in [1.82, 2.24) is 10.1 Å². The fourth-order valence-electron chi connectivity index (χ4n) is 1.88. The summed E-state index contributed by atoms with van der Waals surface area (Å²) in [5.74, 6) is 0.675. The molecule has 0 bridgehead atoms. The summed E-state index contributed by atoms with van der Waals surface area (Å²) >= 11 is 0. The predicted octanol–water partition coefficient (Wildman–Crippen LogP) is 3.48. The molecule has 0 N–H and O–H groups in total. The van der Waals surface area contributed by atoms with Crippen LogP contribution in [0.5, 0.6) is 0 Å². The quantitative estimate of drug-likeness (QED) is 0.758. The smallest absolute Gasteiger partial charge is 0.223 e. The molecule has 17 heavy (non-hydrogen) atoms. The highest BCUT2D eigenvalue weighted by atomic mass is 19.1. The van der Waals surface area contributed by atoms with Crippen molar-refractivity contribution >= 4 is 0 Å². The minimum Gasteiger partial charge on any atom is -0.339 e. The zero-order chi connectivity index (χ0) is 12.6. The average molecular weight is 234 g/mol. The molecule has 0 aliphatic heterocycles. The Morgan fingerprint density at radius 1 is 1.24 bits per heavy atom. The Labute approximate surface area is 99.7 Å². The molecular weight excluding hydrogens is 219 g/mol. The highest BCUT2D eigenvalue weighted by Crippen LogP contribution is 2.33. The molecule has 2 aromatic rings. The van der Waals surface area contributed by atoms with Gasteiger partial charge in [-0.05, 0) is 11.5 Å². The molecule has 0 saturated heterocycles. The van der Waals surface area contributed by atoms with Crippen molar-refractivity contribution in [2.45, 2.75) is 33.1 Å². The van der Waals surface area contributed by atoms with Gasteiger partial charge in [0.05, 0.1) is 0 Å². The van der Waals surface area contributed by atoms with E-state index in [2.05, 4.69) is 10.1 Å². The van der Waals surface area contributed by atoms with Gasteiger partial charge in [-0.1, -0.05) is 38.1 Å². The van der Waals surface area contributed by atoms with Crippen molar-refractivity contribution in [2.24, 2.45) is 0 Å². The van der Waals surface area contributed by atoms with Crippen molar-refractivity contribution in [2.75, 3.05) is 0 Å². The number of aryl methyl sites for hydroxylation is 1. The summed E-state index contributed by atoms with van der Waals surface area (Å²) < 4.78 is 18.9. The molecule has 0 aliphatic rings. The van der Waals surface area contributed by atoms with Crippen molar-refractivity contribution < 1.29 is 8.91 Å². The molecular formula is C13H15FN2O. The topological polar surface area (TPSA) is 38.9 Å². The average Bonchev–Trinajstić information content (AvgIpc) is 2.62. The van der Waals surface area contributed by atoms with Crippen LogP contribution in [0, 0.1) is 12.7 Å². The van der Waals surface area contributed by atoms with Crippen LogP contribution in [-0.2, 0) is 5.41 Å². The minimum atomic E-state index is -0.310. The second-order valence-electron chi connectivity index (χ2n) is 5.05. The molecule has 0 atom stereocenters. The van der Waals surface area contributed by atoms with E-state index in [0.29, 0.717) is 22.8 Å². The van der Waals surface area contributed by atoms with Gasteiger partial charge >= 0.3 is 0 Å². The SMILES string of the molecule is Cc1nc(-c2cccc(F)c2C(C)(C)C)no1. The van der Waals surface area contributed by atoms with Crippen molar-refractivity contribution in [3.8, 4) is 11.4 Å². The Balaban J connectivity index is 2.66. The molecule has 90 valence electrons. The number of hydrogen-bond donors (Lipinski definition) is 0. The summed E-state index contributed by atoms with van der Waals surface area (Å²) in [5.41, 5.74) is 0.991. The Hall–Kier alpha value is -1.71. The molecule has 4 heteroatoms. The molecule has 3 nitrogen and oxygen atoms in total. The summed E-state index contributed by atoms with van der Waals surface area (Å²) in [6, 6.07) is 4.93. The second-order valence-corrected chi connectivity index (χ2v) is 5.05. The van der Waals surface area contributed by atoms with Gasteiger partial charge in [0.1, 0.15) is 5.82 Å². The number of halogens is 1. The van der Waals surface area contributed by atoms with Crippen LogP contribution in [0.1, 0.15) is 32.2 Å². The third kappa shape index (κ3) is 2.20. The van der Waals surface area contributed by atoms with E-state index in [-0.39, 0.29) is 11.2 Å². The minimum absolute atomic E-state index is 0.238. The van der Waals surface area contributed by atoms with Crippen molar-refractivity contribution in [3.05, 3.63) is 35.5 Å². The molecule has 0 saturated carbocycles. The van der Waals surface area contributed by atoms with Gasteiger partial charge in [0, 0.05) is 18.1 Å². The predicted molar refractivity (Wildman–Crippen MR) is 63.1 cm³/mol. The standard InChI is InChI=1S/C13H15FN2O/c1-8-15-12(16-17-8)9-6-5-7-10(14)11(9)13(2,3)4/h5-7H,1-4H3. The maximum Gasteiger partial charge on any atom is 0.223 e. The van der Waals surface area contributed by atoms with Gasteiger partial charge in [-0.2, -0.15) is 4.98 Å². The monoisotopic (exact) mass is 234 g/mol. The van der Waals surface area contributed by atoms with Crippen LogP contribution in [0.15, 0.2) is 22.7 Å². The van der Waals surface area contributed by atoms with Gasteiger partial charge in [0.15, 0.2) is 0 Å². The van der Waals surface area contributed by atoms with E-state index in [9.17, 15) is 4.39 Å². The van der Waals surface area contributed by atoms with Crippen LogP contribution in [0.4, 0.5) is 4.39 Å². The summed E-state index contributed by atoms with van der Waals surface area (Å²) in [7, 11) is 0. The third-order valence-corrected chi connectivity index (χ3v) is 2.53. The third-order valence-electron chi connectivity index (χ3n) is 2.53. The van der Waals surface area contributed by atoms with Crippen LogP contribution in [0.3, 0.4) is 0 Å². The summed E-state index contributed by atoms with van der Waals surface area (Å²) in [4.78, 5) is 4.15. The van der Waals surface area contributed by atoms with E-state index in [1.54, 1.807) is 13.0 Å². The molecule has 0 spiro atoms. The highest BCUT2D eigenvalue weighted by Gasteiger charge is 2.24. The number of rotatable bonds is 1. The van der Waals surface area contributed by atoms with E-state index >= 15 is 0 Å².